The summed E-state index contributed by atoms with van der Waals surface area (Å²) in [6.45, 7) is 0.114. The molecule has 0 aliphatic heterocycles. The highest BCUT2D eigenvalue weighted by atomic mass is 32.2. The van der Waals surface area contributed by atoms with Crippen molar-refractivity contribution >= 4 is 17.0 Å². The van der Waals surface area contributed by atoms with Crippen molar-refractivity contribution in [1.29, 1.82) is 0 Å². The van der Waals surface area contributed by atoms with Gasteiger partial charge in [0.15, 0.2) is 0 Å². The Morgan fingerprint density at radius 1 is 1.38 bits per heavy atom. The maximum atomic E-state index is 10.9. The van der Waals surface area contributed by atoms with Gasteiger partial charge in [-0.05, 0) is 31.7 Å². The number of benzene rings is 1. The minimum absolute atomic E-state index is 0.0466. The first-order chi connectivity index (χ1) is 10.1. The predicted octanol–water partition coefficient (Wildman–Crippen LogP) is 2.53. The van der Waals surface area contributed by atoms with Crippen molar-refractivity contribution in [2.75, 3.05) is 0 Å². The molecule has 1 saturated carbocycles. The highest BCUT2D eigenvalue weighted by Gasteiger charge is 2.19. The van der Waals surface area contributed by atoms with Crippen molar-refractivity contribution in [2.24, 2.45) is 0 Å². The minimum Gasteiger partial charge on any atom is -0.490 e. The second-order valence-corrected chi connectivity index (χ2v) is 5.78. The number of ether oxygens (including phenoxy) is 1. The van der Waals surface area contributed by atoms with Gasteiger partial charge < -0.3 is 4.74 Å². The van der Waals surface area contributed by atoms with Crippen molar-refractivity contribution < 1.29 is 18.4 Å². The number of rotatable bonds is 6. The van der Waals surface area contributed by atoms with Crippen LogP contribution in [0.3, 0.4) is 0 Å². The number of nitrogens with one attached hydrogen (secondary N) is 1. The van der Waals surface area contributed by atoms with Gasteiger partial charge in [-0.15, -0.1) is 0 Å². The quantitative estimate of drug-likeness (QED) is 0.477. The van der Waals surface area contributed by atoms with E-state index in [1.165, 1.54) is 18.6 Å². The lowest BCUT2D eigenvalue weighted by Crippen LogP contribution is -2.22. The molecule has 0 aromatic heterocycles. The molecule has 1 unspecified atom stereocenters. The fourth-order valence-electron chi connectivity index (χ4n) is 2.41. The second-order valence-electron chi connectivity index (χ2n) is 5.00. The summed E-state index contributed by atoms with van der Waals surface area (Å²) in [5.41, 5.74) is 0.586. The van der Waals surface area contributed by atoms with E-state index in [9.17, 15) is 14.3 Å². The van der Waals surface area contributed by atoms with Gasteiger partial charge in [0.25, 0.3) is 5.69 Å². The van der Waals surface area contributed by atoms with Crippen molar-refractivity contribution in [1.82, 2.24) is 4.72 Å². The molecule has 7 nitrogen and oxygen atoms in total. The van der Waals surface area contributed by atoms with Crippen LogP contribution in [0.5, 0.6) is 5.75 Å². The van der Waals surface area contributed by atoms with E-state index >= 15 is 0 Å². The summed E-state index contributed by atoms with van der Waals surface area (Å²) in [5.74, 6) is 0.411. The molecule has 0 radical (unpaired) electrons. The van der Waals surface area contributed by atoms with Gasteiger partial charge in [0, 0.05) is 18.2 Å². The lowest BCUT2D eigenvalue weighted by Gasteiger charge is -2.24. The predicted molar refractivity (Wildman–Crippen MR) is 78.2 cm³/mol. The van der Waals surface area contributed by atoms with Crippen LogP contribution in [0.1, 0.15) is 37.7 Å². The normalized spacial score (nSPS) is 17.4. The first-order valence-electron chi connectivity index (χ1n) is 6.84. The van der Waals surface area contributed by atoms with E-state index in [4.69, 9.17) is 9.29 Å². The van der Waals surface area contributed by atoms with Gasteiger partial charge in [-0.1, -0.05) is 6.42 Å². The number of non-ortho nitro benzene ring substituents is 1. The van der Waals surface area contributed by atoms with E-state index < -0.39 is 16.2 Å². The van der Waals surface area contributed by atoms with Gasteiger partial charge in [0.1, 0.15) is 5.75 Å². The van der Waals surface area contributed by atoms with Gasteiger partial charge >= 0.3 is 0 Å². The Kier molecular flexibility index (Phi) is 5.66. The fraction of sp³-hybridized carbons (Fsp3) is 0.538. The van der Waals surface area contributed by atoms with Gasteiger partial charge in [-0.25, -0.2) is 8.93 Å². The Bertz CT molecular complexity index is 531. The number of nitro groups is 1. The maximum absolute atomic E-state index is 10.9. The third-order valence-corrected chi connectivity index (χ3v) is 3.88. The zero-order chi connectivity index (χ0) is 15.2. The van der Waals surface area contributed by atoms with Crippen LogP contribution in [-0.2, 0) is 17.8 Å². The van der Waals surface area contributed by atoms with E-state index in [-0.39, 0.29) is 18.3 Å². The number of nitro benzene ring substituents is 1. The molecule has 1 aliphatic rings. The summed E-state index contributed by atoms with van der Waals surface area (Å²) >= 11 is -2.13. The second kappa shape index (κ2) is 7.48. The van der Waals surface area contributed by atoms with Gasteiger partial charge in [-0.3, -0.25) is 14.7 Å². The Balaban J connectivity index is 2.17. The van der Waals surface area contributed by atoms with Crippen LogP contribution in [0.4, 0.5) is 5.69 Å². The lowest BCUT2D eigenvalue weighted by atomic mass is 9.97. The van der Waals surface area contributed by atoms with E-state index in [2.05, 4.69) is 4.72 Å². The van der Waals surface area contributed by atoms with E-state index in [0.717, 1.165) is 25.7 Å². The molecular formula is C13H18N2O5S. The Morgan fingerprint density at radius 3 is 2.71 bits per heavy atom. The first-order valence-corrected chi connectivity index (χ1v) is 7.95. The van der Waals surface area contributed by atoms with E-state index in [0.29, 0.717) is 11.3 Å². The summed E-state index contributed by atoms with van der Waals surface area (Å²) in [4.78, 5) is 10.4. The summed E-state index contributed by atoms with van der Waals surface area (Å²) in [7, 11) is 0. The third-order valence-electron chi connectivity index (χ3n) is 3.49. The highest BCUT2D eigenvalue weighted by molar-refractivity contribution is 7.77. The molecule has 116 valence electrons. The minimum atomic E-state index is -2.13. The molecule has 1 aliphatic carbocycles. The molecule has 0 heterocycles. The molecule has 0 spiro atoms. The van der Waals surface area contributed by atoms with Crippen LogP contribution in [0, 0.1) is 10.1 Å². The molecular weight excluding hydrogens is 296 g/mol. The van der Waals surface area contributed by atoms with Crippen LogP contribution >= 0.6 is 0 Å². The summed E-state index contributed by atoms with van der Waals surface area (Å²) in [6.07, 6.45) is 5.29. The molecule has 21 heavy (non-hydrogen) atoms. The summed E-state index contributed by atoms with van der Waals surface area (Å²) in [5, 5.41) is 10.9. The molecule has 1 fully saturated rings. The average molecular weight is 314 g/mol. The maximum Gasteiger partial charge on any atom is 0.273 e. The summed E-state index contributed by atoms with van der Waals surface area (Å²) in [6, 6.07) is 4.30. The fourth-order valence-corrected chi connectivity index (χ4v) is 2.69. The van der Waals surface area contributed by atoms with Crippen molar-refractivity contribution in [3.63, 3.8) is 0 Å². The first kappa shape index (κ1) is 15.9. The average Bonchev–Trinajstić information content (AvgIpc) is 2.46. The van der Waals surface area contributed by atoms with Gasteiger partial charge in [0.2, 0.25) is 11.3 Å². The standard InChI is InChI=1S/C13H18N2O5S/c16-15(17)11-7-6-10(9-14-21(18)19)13(8-11)20-12-4-2-1-3-5-12/h6-8,12,14H,1-5,9H2,(H,18,19). The van der Waals surface area contributed by atoms with Gasteiger partial charge in [0.05, 0.1) is 17.1 Å². The zero-order valence-corrected chi connectivity index (χ0v) is 12.3. The number of nitrogens with zero attached hydrogens (tertiary/aromatic N) is 1. The SMILES string of the molecule is O=[N+]([O-])c1ccc(CNS(=O)O)c(OC2CCCCC2)c1. The Morgan fingerprint density at radius 2 is 2.10 bits per heavy atom. The molecule has 1 atom stereocenters. The van der Waals surface area contributed by atoms with Crippen molar-refractivity contribution in [3.05, 3.63) is 33.9 Å². The molecule has 8 heteroatoms. The van der Waals surface area contributed by atoms with Gasteiger partial charge in [-0.2, -0.15) is 0 Å². The zero-order valence-electron chi connectivity index (χ0n) is 11.5. The lowest BCUT2D eigenvalue weighted by molar-refractivity contribution is -0.385. The monoisotopic (exact) mass is 314 g/mol. The molecule has 2 N–H and O–H groups in total. The third kappa shape index (κ3) is 4.76. The largest absolute Gasteiger partial charge is 0.490 e. The topological polar surface area (TPSA) is 102 Å². The van der Waals surface area contributed by atoms with E-state index in [1.54, 1.807) is 6.07 Å². The molecule has 0 bridgehead atoms. The number of hydrogen-bond acceptors (Lipinski definition) is 4. The molecule has 2 rings (SSSR count). The van der Waals surface area contributed by atoms with E-state index in [1.807, 2.05) is 0 Å². The highest BCUT2D eigenvalue weighted by Crippen LogP contribution is 2.29. The number of hydrogen-bond donors (Lipinski definition) is 2. The van der Waals surface area contributed by atoms with Crippen LogP contribution in [0.2, 0.25) is 0 Å². The van der Waals surface area contributed by atoms with Crippen LogP contribution in [0.25, 0.3) is 0 Å². The smallest absolute Gasteiger partial charge is 0.273 e. The Labute approximate surface area is 125 Å². The Hall–Kier alpha value is -1.51. The molecule has 1 aromatic rings. The molecule has 0 saturated heterocycles. The van der Waals surface area contributed by atoms with Crippen LogP contribution in [-0.4, -0.2) is 19.8 Å². The van der Waals surface area contributed by atoms with Crippen molar-refractivity contribution in [3.8, 4) is 5.75 Å². The van der Waals surface area contributed by atoms with Crippen molar-refractivity contribution in [2.45, 2.75) is 44.8 Å². The molecule has 1 aromatic carbocycles. The van der Waals surface area contributed by atoms with Crippen LogP contribution < -0.4 is 9.46 Å². The molecule has 0 amide bonds. The summed E-state index contributed by atoms with van der Waals surface area (Å²) < 4.78 is 27.7. The van der Waals surface area contributed by atoms with Crippen LogP contribution in [0.15, 0.2) is 18.2 Å².